The molecule has 0 radical (unpaired) electrons. The molecule has 0 aliphatic rings. The molecule has 8 nitrogen and oxygen atoms in total. The summed E-state index contributed by atoms with van der Waals surface area (Å²) in [6.45, 7) is -0.673. The summed E-state index contributed by atoms with van der Waals surface area (Å²) < 4.78 is -2.71. The lowest BCUT2D eigenvalue weighted by atomic mass is 10.0. The maximum Gasteiger partial charge on any atom is 0.296 e. The van der Waals surface area contributed by atoms with Crippen LogP contribution in [-0.4, -0.2) is 43.3 Å². The monoisotopic (exact) mass is 338 g/mol. The molecule has 0 spiro atoms. The number of carbonyl (C=O) groups excluding carboxylic acids is 1. The van der Waals surface area contributed by atoms with Gasteiger partial charge >= 0.3 is 0 Å². The molecule has 1 aromatic rings. The Bertz CT molecular complexity index is 516. The van der Waals surface area contributed by atoms with Crippen molar-refractivity contribution < 1.29 is 25.0 Å². The van der Waals surface area contributed by atoms with Gasteiger partial charge in [-0.1, -0.05) is 23.2 Å². The fourth-order valence-electron chi connectivity index (χ4n) is 1.51. The van der Waals surface area contributed by atoms with Gasteiger partial charge in [-0.15, -0.1) is 0 Å². The standard InChI is InChI=1S/C11H12Cl2N2O6/c12-11(13,19)10(18)14-8(5-16)9(17)6-1-3-7(4-2-6)15(20)21/h1-4,8-9,16-17,19H,5H2,(H,14,18)/t8-,9-/m1/s1. The Morgan fingerprint density at radius 3 is 2.29 bits per heavy atom. The summed E-state index contributed by atoms with van der Waals surface area (Å²) in [5.41, 5.74) is 0.0408. The number of alkyl halides is 2. The number of nitro groups is 1. The number of nitrogens with zero attached hydrogens (tertiary/aromatic N) is 1. The van der Waals surface area contributed by atoms with E-state index in [1.54, 1.807) is 0 Å². The Morgan fingerprint density at radius 1 is 1.38 bits per heavy atom. The molecule has 0 aromatic heterocycles. The van der Waals surface area contributed by atoms with Crippen molar-refractivity contribution >= 4 is 34.8 Å². The largest absolute Gasteiger partial charge is 0.394 e. The van der Waals surface area contributed by atoms with Gasteiger partial charge < -0.3 is 20.6 Å². The average molecular weight is 339 g/mol. The van der Waals surface area contributed by atoms with Gasteiger partial charge in [-0.2, -0.15) is 0 Å². The van der Waals surface area contributed by atoms with Crippen molar-refractivity contribution in [2.75, 3.05) is 6.61 Å². The molecule has 2 atom stereocenters. The Labute approximate surface area is 129 Å². The molecule has 21 heavy (non-hydrogen) atoms. The third-order valence-electron chi connectivity index (χ3n) is 2.61. The van der Waals surface area contributed by atoms with Crippen molar-refractivity contribution in [1.82, 2.24) is 5.32 Å². The molecular weight excluding hydrogens is 327 g/mol. The van der Waals surface area contributed by atoms with Crippen LogP contribution in [0.15, 0.2) is 24.3 Å². The quantitative estimate of drug-likeness (QED) is 0.333. The van der Waals surface area contributed by atoms with Crippen molar-refractivity contribution in [1.29, 1.82) is 0 Å². The molecule has 10 heteroatoms. The van der Waals surface area contributed by atoms with Gasteiger partial charge in [-0.05, 0) is 17.7 Å². The molecule has 0 saturated carbocycles. The van der Waals surface area contributed by atoms with Crippen LogP contribution in [0.4, 0.5) is 5.69 Å². The minimum atomic E-state index is -2.71. The first-order valence-electron chi connectivity index (χ1n) is 5.61. The van der Waals surface area contributed by atoms with Crippen LogP contribution in [0, 0.1) is 10.1 Å². The Balaban J connectivity index is 2.85. The number of hydrogen-bond donors (Lipinski definition) is 4. The topological polar surface area (TPSA) is 133 Å². The average Bonchev–Trinajstić information content (AvgIpc) is 2.42. The molecule has 0 aliphatic carbocycles. The van der Waals surface area contributed by atoms with Gasteiger partial charge in [0.25, 0.3) is 16.1 Å². The minimum absolute atomic E-state index is 0.175. The van der Waals surface area contributed by atoms with Gasteiger partial charge in [-0.3, -0.25) is 14.9 Å². The van der Waals surface area contributed by atoms with Gasteiger partial charge in [0.1, 0.15) is 6.10 Å². The second kappa shape index (κ2) is 7.01. The van der Waals surface area contributed by atoms with Crippen molar-refractivity contribution in [3.8, 4) is 0 Å². The van der Waals surface area contributed by atoms with Crippen LogP contribution in [0.2, 0.25) is 0 Å². The van der Waals surface area contributed by atoms with E-state index in [4.69, 9.17) is 33.4 Å². The van der Waals surface area contributed by atoms with E-state index in [2.05, 4.69) is 5.32 Å². The number of nitro benzene ring substituents is 1. The summed E-state index contributed by atoms with van der Waals surface area (Å²) in [6, 6.07) is 3.65. The number of amides is 1. The van der Waals surface area contributed by atoms with Crippen LogP contribution < -0.4 is 5.32 Å². The van der Waals surface area contributed by atoms with Crippen molar-refractivity contribution in [2.24, 2.45) is 0 Å². The van der Waals surface area contributed by atoms with Crippen LogP contribution in [0.3, 0.4) is 0 Å². The Hall–Kier alpha value is -1.45. The number of rotatable bonds is 6. The van der Waals surface area contributed by atoms with Crippen LogP contribution >= 0.6 is 23.2 Å². The Kier molecular flexibility index (Phi) is 5.87. The van der Waals surface area contributed by atoms with Gasteiger partial charge in [-0.25, -0.2) is 0 Å². The third-order valence-corrected chi connectivity index (χ3v) is 2.96. The zero-order chi connectivity index (χ0) is 16.2. The van der Waals surface area contributed by atoms with E-state index in [0.29, 0.717) is 0 Å². The molecule has 0 heterocycles. The molecule has 4 N–H and O–H groups in total. The highest BCUT2D eigenvalue weighted by molar-refractivity contribution is 6.56. The van der Waals surface area contributed by atoms with Crippen molar-refractivity contribution in [2.45, 2.75) is 16.7 Å². The third kappa shape index (κ3) is 4.80. The predicted octanol–water partition coefficient (Wildman–Crippen LogP) is 0.229. The molecule has 0 saturated heterocycles. The molecule has 1 rings (SSSR count). The number of halogens is 2. The number of hydrogen-bond acceptors (Lipinski definition) is 6. The highest BCUT2D eigenvalue weighted by Gasteiger charge is 2.34. The lowest BCUT2D eigenvalue weighted by Gasteiger charge is -2.24. The summed E-state index contributed by atoms with van der Waals surface area (Å²) >= 11 is 10.3. The van der Waals surface area contributed by atoms with E-state index in [1.807, 2.05) is 0 Å². The van der Waals surface area contributed by atoms with Crippen LogP contribution in [0.5, 0.6) is 0 Å². The first kappa shape index (κ1) is 17.6. The summed E-state index contributed by atoms with van der Waals surface area (Å²) in [6.07, 6.45) is -1.38. The molecule has 0 fully saturated rings. The smallest absolute Gasteiger partial charge is 0.296 e. The van der Waals surface area contributed by atoms with E-state index in [-0.39, 0.29) is 11.3 Å². The Morgan fingerprint density at radius 2 is 1.90 bits per heavy atom. The van der Waals surface area contributed by atoms with Gasteiger partial charge in [0.15, 0.2) is 0 Å². The van der Waals surface area contributed by atoms with E-state index < -0.39 is 34.1 Å². The van der Waals surface area contributed by atoms with Gasteiger partial charge in [0, 0.05) is 12.1 Å². The lowest BCUT2D eigenvalue weighted by molar-refractivity contribution is -0.384. The van der Waals surface area contributed by atoms with E-state index >= 15 is 0 Å². The fraction of sp³-hybridized carbons (Fsp3) is 0.364. The number of nitrogens with one attached hydrogen (secondary N) is 1. The zero-order valence-corrected chi connectivity index (χ0v) is 12.0. The lowest BCUT2D eigenvalue weighted by Crippen LogP contribution is -2.48. The normalized spacial score (nSPS) is 14.3. The van der Waals surface area contributed by atoms with E-state index in [0.717, 1.165) is 12.1 Å². The fourth-order valence-corrected chi connectivity index (χ4v) is 1.61. The number of non-ortho nitro benzene ring substituents is 1. The second-order valence-corrected chi connectivity index (χ2v) is 5.38. The predicted molar refractivity (Wildman–Crippen MR) is 73.7 cm³/mol. The van der Waals surface area contributed by atoms with Crippen LogP contribution in [0.25, 0.3) is 0 Å². The van der Waals surface area contributed by atoms with Gasteiger partial charge in [0.2, 0.25) is 0 Å². The number of aliphatic hydroxyl groups is 3. The molecule has 0 aliphatic heterocycles. The first-order chi connectivity index (χ1) is 9.66. The molecule has 116 valence electrons. The van der Waals surface area contributed by atoms with E-state index in [1.165, 1.54) is 12.1 Å². The molecular formula is C11H12Cl2N2O6. The maximum absolute atomic E-state index is 11.4. The summed E-state index contributed by atoms with van der Waals surface area (Å²) in [4.78, 5) is 21.3. The minimum Gasteiger partial charge on any atom is -0.394 e. The number of aliphatic hydroxyl groups excluding tert-OH is 2. The van der Waals surface area contributed by atoms with Gasteiger partial charge in [0.05, 0.1) is 17.6 Å². The molecule has 0 unspecified atom stereocenters. The second-order valence-electron chi connectivity index (χ2n) is 4.10. The summed E-state index contributed by atoms with van der Waals surface area (Å²) in [5, 5.41) is 40.8. The highest BCUT2D eigenvalue weighted by atomic mass is 35.5. The highest BCUT2D eigenvalue weighted by Crippen LogP contribution is 2.22. The van der Waals surface area contributed by atoms with Crippen molar-refractivity contribution in [3.63, 3.8) is 0 Å². The summed E-state index contributed by atoms with van der Waals surface area (Å²) in [7, 11) is 0. The van der Waals surface area contributed by atoms with E-state index in [9.17, 15) is 20.0 Å². The maximum atomic E-state index is 11.4. The number of carbonyl (C=O) groups is 1. The molecule has 0 bridgehead atoms. The number of benzene rings is 1. The SMILES string of the molecule is O=C(N[C@H](CO)[C@H](O)c1ccc([N+](=O)[O-])cc1)C(O)(Cl)Cl. The molecule has 1 amide bonds. The molecule has 1 aromatic carbocycles. The van der Waals surface area contributed by atoms with Crippen molar-refractivity contribution in [3.05, 3.63) is 39.9 Å². The first-order valence-corrected chi connectivity index (χ1v) is 6.37. The summed E-state index contributed by atoms with van der Waals surface area (Å²) in [5.74, 6) is -1.22. The van der Waals surface area contributed by atoms with Crippen LogP contribution in [-0.2, 0) is 4.79 Å². The zero-order valence-electron chi connectivity index (χ0n) is 10.4. The van der Waals surface area contributed by atoms with Crippen LogP contribution in [0.1, 0.15) is 11.7 Å².